The van der Waals surface area contributed by atoms with Gasteiger partial charge >= 0.3 is 0 Å². The van der Waals surface area contributed by atoms with E-state index in [2.05, 4.69) is 48.2 Å². The van der Waals surface area contributed by atoms with Crippen molar-refractivity contribution in [3.05, 3.63) is 53.6 Å². The number of carbonyl (C=O) groups is 1. The molecule has 1 saturated heterocycles. The van der Waals surface area contributed by atoms with Crippen molar-refractivity contribution in [2.75, 3.05) is 29.4 Å². The molecule has 0 bridgehead atoms. The number of aromatic nitrogens is 1. The van der Waals surface area contributed by atoms with E-state index < -0.39 is 0 Å². The van der Waals surface area contributed by atoms with Gasteiger partial charge in [-0.1, -0.05) is 35.6 Å². The molecule has 4 nitrogen and oxygen atoms in total. The molecule has 0 atom stereocenters. The summed E-state index contributed by atoms with van der Waals surface area (Å²) in [5, 5.41) is 1.09. The average Bonchev–Trinajstić information content (AvgIpc) is 3.16. The van der Waals surface area contributed by atoms with Crippen molar-refractivity contribution in [1.29, 1.82) is 0 Å². The van der Waals surface area contributed by atoms with E-state index in [0.29, 0.717) is 5.91 Å². The van der Waals surface area contributed by atoms with Gasteiger partial charge in [-0.3, -0.25) is 4.79 Å². The van der Waals surface area contributed by atoms with Crippen LogP contribution in [0.3, 0.4) is 0 Å². The van der Waals surface area contributed by atoms with Gasteiger partial charge in [0.15, 0.2) is 5.13 Å². The van der Waals surface area contributed by atoms with Crippen LogP contribution >= 0.6 is 11.3 Å². The molecule has 3 heterocycles. The molecule has 2 aliphatic rings. The number of para-hydroxylation sites is 1. The molecule has 5 heteroatoms. The molecular formula is C23H25N3OS. The third-order valence-electron chi connectivity index (χ3n) is 6.02. The molecule has 28 heavy (non-hydrogen) atoms. The minimum Gasteiger partial charge on any atom is -0.348 e. The zero-order valence-corrected chi connectivity index (χ0v) is 17.0. The lowest BCUT2D eigenvalue weighted by atomic mass is 9.93. The van der Waals surface area contributed by atoms with Crippen molar-refractivity contribution in [3.63, 3.8) is 0 Å². The van der Waals surface area contributed by atoms with Crippen LogP contribution in [0.1, 0.15) is 30.4 Å². The van der Waals surface area contributed by atoms with Gasteiger partial charge in [-0.2, -0.15) is 0 Å². The van der Waals surface area contributed by atoms with Crippen LogP contribution in [0.15, 0.2) is 42.5 Å². The first kappa shape index (κ1) is 17.7. The van der Waals surface area contributed by atoms with Crippen LogP contribution in [0.2, 0.25) is 0 Å². The molecule has 0 saturated carbocycles. The Morgan fingerprint density at radius 1 is 1.11 bits per heavy atom. The Hall–Kier alpha value is -2.40. The van der Waals surface area contributed by atoms with E-state index in [-0.39, 0.29) is 5.92 Å². The molecule has 144 valence electrons. The number of aryl methyl sites for hydroxylation is 2. The Morgan fingerprint density at radius 2 is 1.93 bits per heavy atom. The second-order valence-corrected chi connectivity index (χ2v) is 8.96. The van der Waals surface area contributed by atoms with Gasteiger partial charge in [0, 0.05) is 31.2 Å². The number of thiazole rings is 1. The van der Waals surface area contributed by atoms with Crippen molar-refractivity contribution < 1.29 is 4.79 Å². The smallest absolute Gasteiger partial charge is 0.230 e. The van der Waals surface area contributed by atoms with Crippen LogP contribution in [0.25, 0.3) is 10.2 Å². The lowest BCUT2D eigenvalue weighted by molar-refractivity contribution is -0.123. The maximum absolute atomic E-state index is 13.2. The van der Waals surface area contributed by atoms with Crippen molar-refractivity contribution >= 4 is 38.3 Å². The van der Waals surface area contributed by atoms with Crippen molar-refractivity contribution in [2.24, 2.45) is 5.92 Å². The summed E-state index contributed by atoms with van der Waals surface area (Å²) < 4.78 is 1.25. The average molecular weight is 392 g/mol. The van der Waals surface area contributed by atoms with E-state index in [0.717, 1.165) is 61.7 Å². The zero-order valence-electron chi connectivity index (χ0n) is 16.2. The molecule has 5 rings (SSSR count). The van der Waals surface area contributed by atoms with Gasteiger partial charge in [0.05, 0.1) is 10.2 Å². The summed E-state index contributed by atoms with van der Waals surface area (Å²) in [4.78, 5) is 22.4. The summed E-state index contributed by atoms with van der Waals surface area (Å²) in [5.41, 5.74) is 4.79. The quantitative estimate of drug-likeness (QED) is 0.630. The summed E-state index contributed by atoms with van der Waals surface area (Å²) in [7, 11) is 0. The van der Waals surface area contributed by atoms with Crippen LogP contribution in [0, 0.1) is 12.8 Å². The number of fused-ring (bicyclic) bond motifs is 2. The summed E-state index contributed by atoms with van der Waals surface area (Å²) in [6, 6.07) is 14.8. The maximum atomic E-state index is 13.2. The van der Waals surface area contributed by atoms with E-state index in [9.17, 15) is 4.79 Å². The molecule has 0 unspecified atom stereocenters. The third-order valence-corrected chi connectivity index (χ3v) is 7.10. The topological polar surface area (TPSA) is 36.4 Å². The number of piperidine rings is 1. The van der Waals surface area contributed by atoms with Crippen LogP contribution in [0.4, 0.5) is 10.8 Å². The first-order chi connectivity index (χ1) is 13.7. The fraction of sp³-hybridized carbons (Fsp3) is 0.391. The SMILES string of the molecule is Cc1ccc2nc(N3CCC(C(=O)N4CCCc5ccccc54)CC3)sc2c1. The summed E-state index contributed by atoms with van der Waals surface area (Å²) >= 11 is 1.77. The molecule has 0 spiro atoms. The largest absolute Gasteiger partial charge is 0.348 e. The first-order valence-electron chi connectivity index (χ1n) is 10.2. The van der Waals surface area contributed by atoms with Gasteiger partial charge in [-0.05, 0) is 61.9 Å². The minimum absolute atomic E-state index is 0.124. The van der Waals surface area contributed by atoms with Gasteiger partial charge in [-0.15, -0.1) is 0 Å². The number of benzene rings is 2. The predicted octanol–water partition coefficient (Wildman–Crippen LogP) is 4.80. The number of anilines is 2. The highest BCUT2D eigenvalue weighted by molar-refractivity contribution is 7.22. The molecular weight excluding hydrogens is 366 g/mol. The third kappa shape index (κ3) is 3.18. The number of hydrogen-bond acceptors (Lipinski definition) is 4. The van der Waals surface area contributed by atoms with Crippen molar-refractivity contribution in [1.82, 2.24) is 4.98 Å². The first-order valence-corrected chi connectivity index (χ1v) is 11.0. The van der Waals surface area contributed by atoms with Crippen LogP contribution in [-0.4, -0.2) is 30.5 Å². The molecule has 2 aliphatic heterocycles. The Bertz CT molecular complexity index is 1020. The lowest BCUT2D eigenvalue weighted by Gasteiger charge is -2.36. The monoisotopic (exact) mass is 391 g/mol. The molecule has 1 aromatic heterocycles. The van der Waals surface area contributed by atoms with Gasteiger partial charge in [0.25, 0.3) is 0 Å². The number of nitrogens with zero attached hydrogens (tertiary/aromatic N) is 3. The van der Waals surface area contributed by atoms with E-state index in [1.165, 1.54) is 15.8 Å². The normalized spacial score (nSPS) is 17.8. The second kappa shape index (κ2) is 7.21. The number of rotatable bonds is 2. The Balaban J connectivity index is 1.28. The molecule has 0 radical (unpaired) electrons. The Morgan fingerprint density at radius 3 is 2.79 bits per heavy atom. The highest BCUT2D eigenvalue weighted by Crippen LogP contribution is 2.34. The van der Waals surface area contributed by atoms with E-state index in [1.807, 2.05) is 11.0 Å². The van der Waals surface area contributed by atoms with Crippen molar-refractivity contribution in [2.45, 2.75) is 32.6 Å². The highest BCUT2D eigenvalue weighted by atomic mass is 32.1. The molecule has 0 N–H and O–H groups in total. The molecule has 0 aliphatic carbocycles. The minimum atomic E-state index is 0.124. The van der Waals surface area contributed by atoms with Gasteiger partial charge in [0.1, 0.15) is 0 Å². The standard InChI is InChI=1S/C23H25N3OS/c1-16-8-9-19-21(15-16)28-23(24-19)25-13-10-18(11-14-25)22(27)26-12-4-6-17-5-2-3-7-20(17)26/h2-3,5,7-9,15,18H,4,6,10-14H2,1H3. The molecule has 2 aromatic carbocycles. The number of carbonyl (C=O) groups excluding carboxylic acids is 1. The summed E-state index contributed by atoms with van der Waals surface area (Å²) in [6.07, 6.45) is 3.96. The van der Waals surface area contributed by atoms with Gasteiger partial charge < -0.3 is 9.80 Å². The Labute approximate surface area is 169 Å². The molecule has 1 fully saturated rings. The van der Waals surface area contributed by atoms with E-state index in [1.54, 1.807) is 11.3 Å². The van der Waals surface area contributed by atoms with Crippen LogP contribution in [-0.2, 0) is 11.2 Å². The van der Waals surface area contributed by atoms with E-state index >= 15 is 0 Å². The summed E-state index contributed by atoms with van der Waals surface area (Å²) in [6.45, 7) is 4.79. The number of hydrogen-bond donors (Lipinski definition) is 0. The second-order valence-electron chi connectivity index (χ2n) is 7.95. The predicted molar refractivity (Wildman–Crippen MR) is 116 cm³/mol. The fourth-order valence-corrected chi connectivity index (χ4v) is 5.57. The lowest BCUT2D eigenvalue weighted by Crippen LogP contribution is -2.44. The highest BCUT2D eigenvalue weighted by Gasteiger charge is 2.32. The summed E-state index contributed by atoms with van der Waals surface area (Å²) in [5.74, 6) is 0.436. The van der Waals surface area contributed by atoms with E-state index in [4.69, 9.17) is 4.98 Å². The van der Waals surface area contributed by atoms with Crippen LogP contribution < -0.4 is 9.80 Å². The van der Waals surface area contributed by atoms with Crippen LogP contribution in [0.5, 0.6) is 0 Å². The molecule has 1 amide bonds. The number of amides is 1. The fourth-order valence-electron chi connectivity index (χ4n) is 4.46. The Kier molecular flexibility index (Phi) is 4.55. The maximum Gasteiger partial charge on any atom is 0.230 e. The van der Waals surface area contributed by atoms with Crippen molar-refractivity contribution in [3.8, 4) is 0 Å². The van der Waals surface area contributed by atoms with Gasteiger partial charge in [-0.25, -0.2) is 4.98 Å². The van der Waals surface area contributed by atoms with Gasteiger partial charge in [0.2, 0.25) is 5.91 Å². The molecule has 3 aromatic rings. The zero-order chi connectivity index (χ0) is 19.1.